The van der Waals surface area contributed by atoms with Gasteiger partial charge in [0.05, 0.1) is 45.1 Å². The zero-order valence-electron chi connectivity index (χ0n) is 32.9. The van der Waals surface area contributed by atoms with Crippen molar-refractivity contribution in [2.45, 2.75) is 92.0 Å². The second-order valence-corrected chi connectivity index (χ2v) is 13.8. The Bertz CT molecular complexity index is 1600. The molecule has 57 heavy (non-hydrogen) atoms. The minimum Gasteiger partial charge on any atom is -0.481 e. The molecule has 0 bridgehead atoms. The molecule has 3 atom stereocenters. The number of anilines is 1. The average Bonchev–Trinajstić information content (AvgIpc) is 3.13. The molecule has 1 rings (SSSR count). The highest BCUT2D eigenvalue weighted by Crippen LogP contribution is 2.12. The number of benzene rings is 1. The van der Waals surface area contributed by atoms with E-state index in [2.05, 4.69) is 31.9 Å². The van der Waals surface area contributed by atoms with E-state index >= 15 is 0 Å². The van der Waals surface area contributed by atoms with Crippen LogP contribution in [0.3, 0.4) is 0 Å². The van der Waals surface area contributed by atoms with Crippen LogP contribution >= 0.6 is 0 Å². The monoisotopic (exact) mass is 806 g/mol. The van der Waals surface area contributed by atoms with Crippen molar-refractivity contribution in [3.05, 3.63) is 29.8 Å². The molecule has 0 aromatic heterocycles. The maximum absolute atomic E-state index is 13.1. The number of ketones is 1. The standard InChI is InChI=1S/C37H54N6O14/c1-20(2)27(44)11-13-56-14-12-28(45)41-25(15-31(48)49)34(52)38-18-30(47)42-26(16-32(50)51)35(53)43-33(21(3)4)36(54)39-17-29(46)40-24-9-7-23(8-10-24)19-57-37(55)22(5)6/h7-10,20-22,25-26,33H,11-19H2,1-6H3,(H,38,52)(H,39,54)(H,40,46)(H,41,45)(H,42,47)(H,43,53)(H,48,49)(H,50,51). The smallest absolute Gasteiger partial charge is 0.308 e. The van der Waals surface area contributed by atoms with Gasteiger partial charge in [0.15, 0.2) is 0 Å². The summed E-state index contributed by atoms with van der Waals surface area (Å²) in [6.45, 7) is 8.69. The summed E-state index contributed by atoms with van der Waals surface area (Å²) in [5.74, 6) is -9.68. The van der Waals surface area contributed by atoms with Crippen LogP contribution in [0.4, 0.5) is 5.69 Å². The fourth-order valence-corrected chi connectivity index (χ4v) is 4.58. The molecule has 1 aromatic carbocycles. The summed E-state index contributed by atoms with van der Waals surface area (Å²) in [6, 6.07) is 1.82. The molecule has 0 saturated carbocycles. The first-order valence-corrected chi connectivity index (χ1v) is 18.2. The van der Waals surface area contributed by atoms with Crippen LogP contribution in [0.15, 0.2) is 24.3 Å². The van der Waals surface area contributed by atoms with E-state index in [0.29, 0.717) is 11.3 Å². The topological polar surface area (TPSA) is 302 Å². The third-order valence-corrected chi connectivity index (χ3v) is 7.85. The molecule has 0 aliphatic heterocycles. The number of hydrogen-bond donors (Lipinski definition) is 8. The van der Waals surface area contributed by atoms with Crippen molar-refractivity contribution in [1.29, 1.82) is 0 Å². The molecular formula is C37H54N6O14. The molecule has 20 heteroatoms. The van der Waals surface area contributed by atoms with Gasteiger partial charge in [-0.05, 0) is 23.6 Å². The largest absolute Gasteiger partial charge is 0.481 e. The highest BCUT2D eigenvalue weighted by Gasteiger charge is 2.31. The molecule has 1 aromatic rings. The Balaban J connectivity index is 2.74. The highest BCUT2D eigenvalue weighted by molar-refractivity contribution is 5.98. The SMILES string of the molecule is CC(C)C(=O)CCOCCC(=O)NC(CC(=O)O)C(=O)NCC(=O)NC(CC(=O)O)C(=O)NC(C(=O)NCC(=O)Nc1ccc(COC(=O)C(C)C)cc1)C(C)C. The average molecular weight is 807 g/mol. The van der Waals surface area contributed by atoms with Gasteiger partial charge < -0.3 is 51.6 Å². The molecule has 0 spiro atoms. The number of ether oxygens (including phenoxy) is 2. The van der Waals surface area contributed by atoms with Crippen LogP contribution < -0.4 is 31.9 Å². The molecule has 0 heterocycles. The summed E-state index contributed by atoms with van der Waals surface area (Å²) in [4.78, 5) is 123. The van der Waals surface area contributed by atoms with E-state index in [0.717, 1.165) is 0 Å². The number of Topliss-reactive ketones (excluding diaryl/α,β-unsaturated/α-hetero) is 1. The zero-order chi connectivity index (χ0) is 43.2. The maximum Gasteiger partial charge on any atom is 0.308 e. The van der Waals surface area contributed by atoms with Gasteiger partial charge in [-0.3, -0.25) is 47.9 Å². The lowest BCUT2D eigenvalue weighted by Gasteiger charge is -2.25. The molecule has 0 aliphatic carbocycles. The lowest BCUT2D eigenvalue weighted by Crippen LogP contribution is -2.57. The molecule has 8 N–H and O–H groups in total. The van der Waals surface area contributed by atoms with Crippen LogP contribution in [0.25, 0.3) is 0 Å². The Hall–Kier alpha value is -5.92. The van der Waals surface area contributed by atoms with E-state index < -0.39 is 97.4 Å². The third kappa shape index (κ3) is 20.5. The van der Waals surface area contributed by atoms with Crippen molar-refractivity contribution < 1.29 is 67.6 Å². The number of amides is 6. The van der Waals surface area contributed by atoms with Gasteiger partial charge in [-0.1, -0.05) is 53.7 Å². The van der Waals surface area contributed by atoms with Crippen LogP contribution in [0.1, 0.15) is 72.8 Å². The fraction of sp³-hybridized carbons (Fsp3) is 0.568. The molecule has 0 aliphatic rings. The van der Waals surface area contributed by atoms with Crippen LogP contribution in [0.5, 0.6) is 0 Å². The van der Waals surface area contributed by atoms with Crippen molar-refractivity contribution in [3.8, 4) is 0 Å². The lowest BCUT2D eigenvalue weighted by atomic mass is 10.0. The first kappa shape index (κ1) is 49.1. The molecule has 0 saturated heterocycles. The lowest BCUT2D eigenvalue weighted by molar-refractivity contribution is -0.148. The Labute approximate surface area is 329 Å². The van der Waals surface area contributed by atoms with Gasteiger partial charge in [-0.15, -0.1) is 0 Å². The number of carboxylic acids is 2. The molecule has 3 unspecified atom stereocenters. The van der Waals surface area contributed by atoms with Crippen molar-refractivity contribution in [2.75, 3.05) is 31.6 Å². The Morgan fingerprint density at radius 2 is 1.14 bits per heavy atom. The van der Waals surface area contributed by atoms with Crippen molar-refractivity contribution in [1.82, 2.24) is 26.6 Å². The van der Waals surface area contributed by atoms with E-state index in [9.17, 15) is 58.2 Å². The van der Waals surface area contributed by atoms with E-state index in [1.807, 2.05) is 0 Å². The molecule has 316 valence electrons. The minimum absolute atomic E-state index is 0.0248. The van der Waals surface area contributed by atoms with E-state index in [4.69, 9.17) is 9.47 Å². The Morgan fingerprint density at radius 3 is 1.68 bits per heavy atom. The van der Waals surface area contributed by atoms with Gasteiger partial charge in [0.1, 0.15) is 30.5 Å². The second kappa shape index (κ2) is 25.3. The van der Waals surface area contributed by atoms with Crippen LogP contribution in [0, 0.1) is 17.8 Å². The van der Waals surface area contributed by atoms with Crippen molar-refractivity contribution >= 4 is 64.8 Å². The quantitative estimate of drug-likeness (QED) is 0.0438. The third-order valence-electron chi connectivity index (χ3n) is 7.85. The Kier molecular flexibility index (Phi) is 21.8. The molecule has 6 amide bonds. The van der Waals surface area contributed by atoms with Crippen LogP contribution in [-0.4, -0.2) is 114 Å². The van der Waals surface area contributed by atoms with Crippen molar-refractivity contribution in [2.24, 2.45) is 17.8 Å². The summed E-state index contributed by atoms with van der Waals surface area (Å²) < 4.78 is 10.4. The van der Waals surface area contributed by atoms with E-state index in [1.54, 1.807) is 65.8 Å². The Morgan fingerprint density at radius 1 is 0.614 bits per heavy atom. The number of carboxylic acid groups (broad SMARTS) is 2. The number of hydrogen-bond acceptors (Lipinski definition) is 12. The molecule has 0 fully saturated rings. The second-order valence-electron chi connectivity index (χ2n) is 13.8. The number of aliphatic carboxylic acids is 2. The van der Waals surface area contributed by atoms with Gasteiger partial charge >= 0.3 is 17.9 Å². The number of carbonyl (C=O) groups is 10. The first-order chi connectivity index (χ1) is 26.7. The van der Waals surface area contributed by atoms with Crippen molar-refractivity contribution in [3.63, 3.8) is 0 Å². The van der Waals surface area contributed by atoms with Crippen LogP contribution in [-0.2, 0) is 64.0 Å². The van der Waals surface area contributed by atoms with Gasteiger partial charge in [0.25, 0.3) is 0 Å². The summed E-state index contributed by atoms with van der Waals surface area (Å²) in [5.41, 5.74) is 1.08. The van der Waals surface area contributed by atoms with Gasteiger partial charge in [0.2, 0.25) is 35.4 Å². The first-order valence-electron chi connectivity index (χ1n) is 18.2. The van der Waals surface area contributed by atoms with E-state index in [-0.39, 0.29) is 56.3 Å². The summed E-state index contributed by atoms with van der Waals surface area (Å²) in [7, 11) is 0. The number of esters is 1. The predicted octanol–water partition coefficient (Wildman–Crippen LogP) is -0.362. The summed E-state index contributed by atoms with van der Waals surface area (Å²) in [5, 5.41) is 32.5. The molecular weight excluding hydrogens is 752 g/mol. The zero-order valence-corrected chi connectivity index (χ0v) is 32.9. The molecule has 20 nitrogen and oxygen atoms in total. The number of carbonyl (C=O) groups excluding carboxylic acids is 8. The fourth-order valence-electron chi connectivity index (χ4n) is 4.58. The predicted molar refractivity (Wildman–Crippen MR) is 201 cm³/mol. The van der Waals surface area contributed by atoms with Gasteiger partial charge in [-0.25, -0.2) is 0 Å². The highest BCUT2D eigenvalue weighted by atomic mass is 16.5. The van der Waals surface area contributed by atoms with Gasteiger partial charge in [-0.2, -0.15) is 0 Å². The number of nitrogens with one attached hydrogen (secondary N) is 6. The molecule has 0 radical (unpaired) electrons. The van der Waals surface area contributed by atoms with Crippen LogP contribution in [0.2, 0.25) is 0 Å². The maximum atomic E-state index is 13.1. The van der Waals surface area contributed by atoms with Gasteiger partial charge in [0, 0.05) is 24.4 Å². The minimum atomic E-state index is -1.73. The summed E-state index contributed by atoms with van der Waals surface area (Å²) >= 11 is 0. The number of rotatable bonds is 26. The normalized spacial score (nSPS) is 12.4. The summed E-state index contributed by atoms with van der Waals surface area (Å²) in [6.07, 6.45) is -1.89. The van der Waals surface area contributed by atoms with E-state index in [1.165, 1.54) is 0 Å².